The summed E-state index contributed by atoms with van der Waals surface area (Å²) in [5.41, 5.74) is 2.44. The average Bonchev–Trinajstić information content (AvgIpc) is 3.47. The molecule has 48 heavy (non-hydrogen) atoms. The fraction of sp³-hybridized carbons (Fsp3) is 0.342. The van der Waals surface area contributed by atoms with Crippen LogP contribution < -0.4 is 10.2 Å². The number of aliphatic hydroxyl groups is 2. The fourth-order valence-electron chi connectivity index (χ4n) is 6.47. The van der Waals surface area contributed by atoms with Crippen LogP contribution in [-0.4, -0.2) is 71.1 Å². The highest BCUT2D eigenvalue weighted by Gasteiger charge is 2.52. The highest BCUT2D eigenvalue weighted by atomic mass is 35.5. The molecule has 1 saturated heterocycles. The quantitative estimate of drug-likeness (QED) is 0.169. The summed E-state index contributed by atoms with van der Waals surface area (Å²) in [4.78, 5) is 16.2. The number of halogens is 2. The van der Waals surface area contributed by atoms with E-state index in [1.807, 2.05) is 17.9 Å². The Labute approximate surface area is 286 Å². The molecule has 1 fully saturated rings. The lowest BCUT2D eigenvalue weighted by Gasteiger charge is -2.37. The standard InChI is InChI=1S/C19H18ClFN2O3.C19H25NO2/c20-13-5-6-17-15(11-13)19(14-3-1-2-4-16(14)21)22(8-10-26-19)12-18(25)23(17)7-9-24;1-14(8-9-16-6-4-3-5-7-16)20-15(2)19(22)17-10-12-18(21)13-11-17/h1-6,11,24H,7-10,12H2;3-7,10-15,19-22H,8-9H2,1-2H3. The first-order valence-electron chi connectivity index (χ1n) is 16.3. The second-order valence-electron chi connectivity index (χ2n) is 12.2. The van der Waals surface area contributed by atoms with Crippen molar-refractivity contribution < 1.29 is 29.2 Å². The number of phenols is 1. The normalized spacial score (nSPS) is 19.4. The number of hydrogen-bond donors (Lipinski definition) is 4. The van der Waals surface area contributed by atoms with E-state index in [2.05, 4.69) is 36.5 Å². The lowest BCUT2D eigenvalue weighted by Crippen LogP contribution is -2.46. The van der Waals surface area contributed by atoms with Gasteiger partial charge in [0.2, 0.25) is 5.91 Å². The fourth-order valence-corrected chi connectivity index (χ4v) is 6.65. The number of nitrogens with one attached hydrogen (secondary N) is 1. The Hall–Kier alpha value is -3.83. The summed E-state index contributed by atoms with van der Waals surface area (Å²) in [6, 6.07) is 29.0. The summed E-state index contributed by atoms with van der Waals surface area (Å²) in [6.07, 6.45) is 1.47. The van der Waals surface area contributed by atoms with E-state index in [0.717, 1.165) is 18.4 Å². The van der Waals surface area contributed by atoms with Crippen LogP contribution in [0.1, 0.15) is 48.6 Å². The maximum atomic E-state index is 14.8. The molecular formula is C38H43ClFN3O5. The molecule has 4 atom stereocenters. The zero-order valence-electron chi connectivity index (χ0n) is 27.2. The Morgan fingerprint density at radius 1 is 0.979 bits per heavy atom. The molecular weight excluding hydrogens is 633 g/mol. The molecule has 1 amide bonds. The molecule has 254 valence electrons. The largest absolute Gasteiger partial charge is 0.508 e. The van der Waals surface area contributed by atoms with E-state index >= 15 is 0 Å². The molecule has 0 aromatic heterocycles. The maximum Gasteiger partial charge on any atom is 0.241 e. The number of fused-ring (bicyclic) bond motifs is 3. The third-order valence-electron chi connectivity index (χ3n) is 8.89. The SMILES string of the molecule is CC(CCc1ccccc1)NC(C)C(O)c1ccc(O)cc1.O=C1CN2CCOC2(c2ccccc2F)c2cc(Cl)ccc2N1CCO. The third-order valence-corrected chi connectivity index (χ3v) is 9.12. The number of ether oxygens (including phenoxy) is 1. The van der Waals surface area contributed by atoms with Crippen molar-refractivity contribution in [2.24, 2.45) is 0 Å². The number of β-amino-alcohol motifs (C(OH)–C–C–N with tert-alkyl or cyclic N) is 1. The molecule has 10 heteroatoms. The van der Waals surface area contributed by atoms with E-state index in [1.54, 1.807) is 60.7 Å². The van der Waals surface area contributed by atoms with Gasteiger partial charge >= 0.3 is 0 Å². The van der Waals surface area contributed by atoms with Crippen LogP contribution >= 0.6 is 11.6 Å². The number of nitrogens with zero attached hydrogens (tertiary/aromatic N) is 2. The minimum absolute atomic E-state index is 0.0460. The van der Waals surface area contributed by atoms with Gasteiger partial charge in [-0.3, -0.25) is 9.69 Å². The van der Waals surface area contributed by atoms with Gasteiger partial charge in [0.05, 0.1) is 31.5 Å². The number of anilines is 1. The number of aliphatic hydroxyl groups excluding tert-OH is 2. The van der Waals surface area contributed by atoms with Crippen LogP contribution in [0.25, 0.3) is 0 Å². The number of rotatable bonds is 10. The average molecular weight is 676 g/mol. The van der Waals surface area contributed by atoms with Crippen molar-refractivity contribution in [3.8, 4) is 5.75 Å². The number of aromatic hydroxyl groups is 1. The van der Waals surface area contributed by atoms with E-state index in [-0.39, 0.29) is 37.4 Å². The molecule has 0 radical (unpaired) electrons. The molecule has 2 aliphatic rings. The summed E-state index contributed by atoms with van der Waals surface area (Å²) >= 11 is 6.25. The Morgan fingerprint density at radius 3 is 2.40 bits per heavy atom. The van der Waals surface area contributed by atoms with Gasteiger partial charge < -0.3 is 30.3 Å². The minimum atomic E-state index is -1.23. The predicted molar refractivity (Wildman–Crippen MR) is 185 cm³/mol. The van der Waals surface area contributed by atoms with Crippen LogP contribution in [0.15, 0.2) is 97.1 Å². The summed E-state index contributed by atoms with van der Waals surface area (Å²) in [6.45, 7) is 5.00. The van der Waals surface area contributed by atoms with Crippen LogP contribution in [0, 0.1) is 5.82 Å². The van der Waals surface area contributed by atoms with Crippen LogP contribution in [0.5, 0.6) is 5.75 Å². The van der Waals surface area contributed by atoms with Gasteiger partial charge in [-0.15, -0.1) is 0 Å². The number of carbonyl (C=O) groups is 1. The van der Waals surface area contributed by atoms with Gasteiger partial charge in [-0.25, -0.2) is 4.39 Å². The van der Waals surface area contributed by atoms with E-state index in [9.17, 15) is 24.5 Å². The van der Waals surface area contributed by atoms with Gasteiger partial charge in [0, 0.05) is 41.3 Å². The molecule has 0 aliphatic carbocycles. The van der Waals surface area contributed by atoms with E-state index < -0.39 is 17.6 Å². The van der Waals surface area contributed by atoms with Crippen LogP contribution in [0.3, 0.4) is 0 Å². The smallest absolute Gasteiger partial charge is 0.241 e. The van der Waals surface area contributed by atoms with Crippen molar-refractivity contribution in [1.29, 1.82) is 0 Å². The number of amides is 1. The molecule has 0 saturated carbocycles. The van der Waals surface area contributed by atoms with E-state index in [0.29, 0.717) is 41.0 Å². The van der Waals surface area contributed by atoms with Crippen molar-refractivity contribution in [2.75, 3.05) is 37.7 Å². The molecule has 6 rings (SSSR count). The first-order valence-corrected chi connectivity index (χ1v) is 16.6. The summed E-state index contributed by atoms with van der Waals surface area (Å²) in [5, 5.41) is 33.0. The van der Waals surface area contributed by atoms with Crippen LogP contribution in [0.2, 0.25) is 5.02 Å². The number of aryl methyl sites for hydroxylation is 1. The van der Waals surface area contributed by atoms with Gasteiger partial charge in [-0.2, -0.15) is 0 Å². The lowest BCUT2D eigenvalue weighted by molar-refractivity contribution is -0.123. The lowest BCUT2D eigenvalue weighted by atomic mass is 9.91. The highest BCUT2D eigenvalue weighted by Crippen LogP contribution is 2.48. The van der Waals surface area contributed by atoms with Crippen molar-refractivity contribution in [2.45, 2.75) is 50.6 Å². The Kier molecular flexibility index (Phi) is 11.9. The molecule has 0 bridgehead atoms. The summed E-state index contributed by atoms with van der Waals surface area (Å²) in [7, 11) is 0. The second kappa shape index (κ2) is 16.0. The topological polar surface area (TPSA) is 106 Å². The predicted octanol–water partition coefficient (Wildman–Crippen LogP) is 5.78. The van der Waals surface area contributed by atoms with Gasteiger partial charge in [0.25, 0.3) is 0 Å². The minimum Gasteiger partial charge on any atom is -0.508 e. The molecule has 4 unspecified atom stereocenters. The summed E-state index contributed by atoms with van der Waals surface area (Å²) < 4.78 is 20.9. The third kappa shape index (κ3) is 7.89. The van der Waals surface area contributed by atoms with E-state index in [1.165, 1.54) is 16.5 Å². The van der Waals surface area contributed by atoms with Gasteiger partial charge in [0.15, 0.2) is 5.72 Å². The van der Waals surface area contributed by atoms with Crippen molar-refractivity contribution in [3.05, 3.63) is 130 Å². The Bertz CT molecular complexity index is 1660. The monoisotopic (exact) mass is 675 g/mol. The number of hydrogen-bond acceptors (Lipinski definition) is 7. The Balaban J connectivity index is 0.000000191. The number of phenolic OH excluding ortho intramolecular Hbond substituents is 1. The molecule has 0 spiro atoms. The zero-order chi connectivity index (χ0) is 34.3. The molecule has 4 N–H and O–H groups in total. The summed E-state index contributed by atoms with van der Waals surface area (Å²) in [5.74, 6) is -0.368. The zero-order valence-corrected chi connectivity index (χ0v) is 28.0. The maximum absolute atomic E-state index is 14.8. The van der Waals surface area contributed by atoms with Crippen molar-refractivity contribution in [1.82, 2.24) is 10.2 Å². The van der Waals surface area contributed by atoms with Gasteiger partial charge in [-0.05, 0) is 74.2 Å². The molecule has 8 nitrogen and oxygen atoms in total. The van der Waals surface area contributed by atoms with Crippen LogP contribution in [-0.2, 0) is 21.7 Å². The molecule has 4 aromatic carbocycles. The van der Waals surface area contributed by atoms with E-state index in [4.69, 9.17) is 16.3 Å². The van der Waals surface area contributed by atoms with Gasteiger partial charge in [-0.1, -0.05) is 72.3 Å². The van der Waals surface area contributed by atoms with Crippen molar-refractivity contribution >= 4 is 23.2 Å². The number of carbonyl (C=O) groups excluding carboxylic acids is 1. The van der Waals surface area contributed by atoms with Crippen molar-refractivity contribution in [3.63, 3.8) is 0 Å². The van der Waals surface area contributed by atoms with Gasteiger partial charge in [0.1, 0.15) is 11.6 Å². The number of benzene rings is 4. The van der Waals surface area contributed by atoms with Crippen LogP contribution in [0.4, 0.5) is 10.1 Å². The first kappa shape index (κ1) is 35.5. The molecule has 2 heterocycles. The highest BCUT2D eigenvalue weighted by molar-refractivity contribution is 6.30. The molecule has 4 aromatic rings. The molecule has 2 aliphatic heterocycles. The first-order chi connectivity index (χ1) is 23.1. The second-order valence-corrected chi connectivity index (χ2v) is 12.7. The Morgan fingerprint density at radius 2 is 1.69 bits per heavy atom.